The molecule has 0 aliphatic rings. The Balaban J connectivity index is 2.06. The molecule has 2 rings (SSSR count). The van der Waals surface area contributed by atoms with E-state index in [-0.39, 0.29) is 5.69 Å². The molecule has 1 N–H and O–H groups in total. The first kappa shape index (κ1) is 11.5. The minimum absolute atomic E-state index is 0.146. The zero-order chi connectivity index (χ0) is 12.3. The first-order valence-corrected chi connectivity index (χ1v) is 5.74. The Bertz CT molecular complexity index is 544. The van der Waals surface area contributed by atoms with Gasteiger partial charge < -0.3 is 0 Å². The number of aryl methyl sites for hydroxylation is 1. The molecule has 6 nitrogen and oxygen atoms in total. The van der Waals surface area contributed by atoms with Gasteiger partial charge in [0.2, 0.25) is 0 Å². The molecule has 17 heavy (non-hydrogen) atoms. The van der Waals surface area contributed by atoms with E-state index in [1.807, 2.05) is 24.4 Å². The van der Waals surface area contributed by atoms with Crippen LogP contribution in [0.15, 0.2) is 27.2 Å². The Labute approximate surface area is 101 Å². The molecule has 0 bridgehead atoms. The van der Waals surface area contributed by atoms with Crippen molar-refractivity contribution in [3.05, 3.63) is 33.8 Å². The lowest BCUT2D eigenvalue weighted by molar-refractivity contribution is 0.0944. The molecule has 1 amide bonds. The number of carbonyl (C=O) groups is 1. The highest BCUT2D eigenvalue weighted by Crippen LogP contribution is 2.09. The highest BCUT2D eigenvalue weighted by molar-refractivity contribution is 7.12. The summed E-state index contributed by atoms with van der Waals surface area (Å²) in [7, 11) is 0. The molecule has 0 radical (unpaired) electrons. The number of nitrogens with one attached hydrogen (secondary N) is 1. The second-order valence-corrected chi connectivity index (χ2v) is 4.26. The van der Waals surface area contributed by atoms with E-state index in [1.165, 1.54) is 0 Å². The number of hydrazone groups is 1. The van der Waals surface area contributed by atoms with Gasteiger partial charge in [0.05, 0.1) is 5.71 Å². The Morgan fingerprint density at radius 2 is 2.35 bits per heavy atom. The second-order valence-electron chi connectivity index (χ2n) is 3.31. The molecule has 88 valence electrons. The number of rotatable bonds is 3. The molecule has 0 aromatic carbocycles. The highest BCUT2D eigenvalue weighted by atomic mass is 32.1. The number of aromatic nitrogens is 2. The topological polar surface area (TPSA) is 80.4 Å². The van der Waals surface area contributed by atoms with E-state index in [1.54, 1.807) is 18.3 Å². The van der Waals surface area contributed by atoms with Crippen molar-refractivity contribution in [2.75, 3.05) is 0 Å². The molecule has 0 spiro atoms. The lowest BCUT2D eigenvalue weighted by Gasteiger charge is -1.98. The highest BCUT2D eigenvalue weighted by Gasteiger charge is 2.14. The van der Waals surface area contributed by atoms with E-state index in [0.717, 1.165) is 10.6 Å². The third kappa shape index (κ3) is 2.56. The van der Waals surface area contributed by atoms with Gasteiger partial charge in [0.15, 0.2) is 5.69 Å². The fourth-order valence-corrected chi connectivity index (χ4v) is 1.84. The van der Waals surface area contributed by atoms with Crippen molar-refractivity contribution in [2.45, 2.75) is 13.8 Å². The van der Waals surface area contributed by atoms with E-state index in [9.17, 15) is 4.79 Å². The first-order valence-electron chi connectivity index (χ1n) is 4.86. The van der Waals surface area contributed by atoms with Gasteiger partial charge in [0.1, 0.15) is 5.69 Å². The molecule has 0 aliphatic carbocycles. The normalized spacial score (nSPS) is 11.5. The van der Waals surface area contributed by atoms with Crippen LogP contribution < -0.4 is 5.43 Å². The summed E-state index contributed by atoms with van der Waals surface area (Å²) < 4.78 is 4.44. The van der Waals surface area contributed by atoms with Crippen molar-refractivity contribution in [1.82, 2.24) is 15.7 Å². The number of amides is 1. The van der Waals surface area contributed by atoms with E-state index in [0.29, 0.717) is 5.69 Å². The summed E-state index contributed by atoms with van der Waals surface area (Å²) in [6.45, 7) is 3.46. The monoisotopic (exact) mass is 250 g/mol. The average Bonchev–Trinajstić information content (AvgIpc) is 2.95. The van der Waals surface area contributed by atoms with E-state index in [2.05, 4.69) is 25.5 Å². The number of thiophene rings is 1. The van der Waals surface area contributed by atoms with Gasteiger partial charge in [-0.05, 0) is 30.5 Å². The third-order valence-corrected chi connectivity index (χ3v) is 3.05. The minimum atomic E-state index is -0.431. The van der Waals surface area contributed by atoms with Gasteiger partial charge in [0.25, 0.3) is 5.91 Å². The molecule has 0 aliphatic heterocycles. The Kier molecular flexibility index (Phi) is 3.29. The molecule has 0 fully saturated rings. The van der Waals surface area contributed by atoms with Gasteiger partial charge in [-0.25, -0.2) is 10.1 Å². The molecule has 2 aromatic rings. The van der Waals surface area contributed by atoms with Crippen LogP contribution >= 0.6 is 11.3 Å². The van der Waals surface area contributed by atoms with Crippen LogP contribution in [0.25, 0.3) is 0 Å². The summed E-state index contributed by atoms with van der Waals surface area (Å²) in [5.74, 6) is -0.431. The van der Waals surface area contributed by atoms with E-state index in [4.69, 9.17) is 0 Å². The predicted molar refractivity (Wildman–Crippen MR) is 63.0 cm³/mol. The Morgan fingerprint density at radius 1 is 1.53 bits per heavy atom. The van der Waals surface area contributed by atoms with Crippen molar-refractivity contribution in [1.29, 1.82) is 0 Å². The molecule has 2 aromatic heterocycles. The van der Waals surface area contributed by atoms with E-state index >= 15 is 0 Å². The molecule has 0 saturated heterocycles. The number of nitrogens with zero attached hydrogens (tertiary/aromatic N) is 3. The van der Waals surface area contributed by atoms with Crippen molar-refractivity contribution >= 4 is 23.0 Å². The summed E-state index contributed by atoms with van der Waals surface area (Å²) in [5.41, 5.74) is 3.73. The maximum atomic E-state index is 11.6. The van der Waals surface area contributed by atoms with E-state index < -0.39 is 5.91 Å². The van der Waals surface area contributed by atoms with Crippen molar-refractivity contribution < 1.29 is 9.42 Å². The predicted octanol–water partition coefficient (Wildman–Crippen LogP) is 1.59. The zero-order valence-electron chi connectivity index (χ0n) is 9.30. The third-order valence-electron chi connectivity index (χ3n) is 2.07. The van der Waals surface area contributed by atoms with Gasteiger partial charge in [0, 0.05) is 4.88 Å². The van der Waals surface area contributed by atoms with Crippen LogP contribution in [0.4, 0.5) is 0 Å². The number of hydrogen-bond acceptors (Lipinski definition) is 6. The molecular formula is C10H10N4O2S. The Morgan fingerprint density at radius 3 is 2.94 bits per heavy atom. The van der Waals surface area contributed by atoms with Crippen LogP contribution in [-0.2, 0) is 0 Å². The maximum absolute atomic E-state index is 11.6. The van der Waals surface area contributed by atoms with Crippen LogP contribution in [0.1, 0.15) is 28.0 Å². The van der Waals surface area contributed by atoms with Gasteiger partial charge >= 0.3 is 0 Å². The SMILES string of the molecule is CC(=NNC(=O)c1nonc1C)c1cccs1. The molecule has 0 saturated carbocycles. The van der Waals surface area contributed by atoms with Crippen molar-refractivity contribution in [3.8, 4) is 0 Å². The van der Waals surface area contributed by atoms with Gasteiger partial charge in [-0.15, -0.1) is 11.3 Å². The van der Waals surface area contributed by atoms with Crippen LogP contribution in [0.5, 0.6) is 0 Å². The molecule has 0 atom stereocenters. The van der Waals surface area contributed by atoms with Gasteiger partial charge in [-0.3, -0.25) is 4.79 Å². The summed E-state index contributed by atoms with van der Waals surface area (Å²) in [4.78, 5) is 12.6. The van der Waals surface area contributed by atoms with Crippen molar-refractivity contribution in [3.63, 3.8) is 0 Å². The van der Waals surface area contributed by atoms with Crippen LogP contribution in [0.2, 0.25) is 0 Å². The summed E-state index contributed by atoms with van der Waals surface area (Å²) in [5, 5.41) is 12.9. The fraction of sp³-hybridized carbons (Fsp3) is 0.200. The van der Waals surface area contributed by atoms with Crippen LogP contribution in [-0.4, -0.2) is 21.9 Å². The lowest BCUT2D eigenvalue weighted by atomic mass is 10.3. The smallest absolute Gasteiger partial charge is 0.265 e. The molecular weight excluding hydrogens is 240 g/mol. The average molecular weight is 250 g/mol. The summed E-state index contributed by atoms with van der Waals surface area (Å²) in [6, 6.07) is 3.85. The number of hydrogen-bond donors (Lipinski definition) is 1. The first-order chi connectivity index (χ1) is 8.18. The summed E-state index contributed by atoms with van der Waals surface area (Å²) in [6.07, 6.45) is 0. The standard InChI is InChI=1S/C10H10N4O2S/c1-6(8-4-3-5-17-8)11-12-10(15)9-7(2)13-16-14-9/h3-5H,1-2H3,(H,12,15). The number of carbonyl (C=O) groups excluding carboxylic acids is 1. The van der Waals surface area contributed by atoms with Crippen LogP contribution in [0.3, 0.4) is 0 Å². The molecule has 7 heteroatoms. The largest absolute Gasteiger partial charge is 0.295 e. The quantitative estimate of drug-likeness (QED) is 0.662. The van der Waals surface area contributed by atoms with Crippen LogP contribution in [0, 0.1) is 6.92 Å². The second kappa shape index (κ2) is 4.88. The fourth-order valence-electron chi connectivity index (χ4n) is 1.16. The lowest BCUT2D eigenvalue weighted by Crippen LogP contribution is -2.20. The van der Waals surface area contributed by atoms with Crippen molar-refractivity contribution in [2.24, 2.45) is 5.10 Å². The van der Waals surface area contributed by atoms with Gasteiger partial charge in [-0.2, -0.15) is 5.10 Å². The minimum Gasteiger partial charge on any atom is -0.265 e. The summed E-state index contributed by atoms with van der Waals surface area (Å²) >= 11 is 1.55. The molecule has 2 heterocycles. The maximum Gasteiger partial charge on any atom is 0.295 e. The molecule has 0 unspecified atom stereocenters. The van der Waals surface area contributed by atoms with Gasteiger partial charge in [-0.1, -0.05) is 11.2 Å². The zero-order valence-corrected chi connectivity index (χ0v) is 10.1. The Hall–Kier alpha value is -2.02.